The van der Waals surface area contributed by atoms with Crippen molar-refractivity contribution >= 4 is 0 Å². The van der Waals surface area contributed by atoms with Crippen LogP contribution in [-0.2, 0) is 0 Å². The van der Waals surface area contributed by atoms with Gasteiger partial charge in [-0.05, 0) is 42.8 Å². The summed E-state index contributed by atoms with van der Waals surface area (Å²) in [7, 11) is 1.54. The molecule has 0 bridgehead atoms. The highest BCUT2D eigenvalue weighted by Crippen LogP contribution is 2.28. The fourth-order valence-corrected chi connectivity index (χ4v) is 1.96. The van der Waals surface area contributed by atoms with Crippen molar-refractivity contribution in [3.05, 3.63) is 59.2 Å². The highest BCUT2D eigenvalue weighted by atomic mass is 19.1. The van der Waals surface area contributed by atoms with E-state index in [2.05, 4.69) is 0 Å². The lowest BCUT2D eigenvalue weighted by Crippen LogP contribution is -2.20. The first-order valence-corrected chi connectivity index (χ1v) is 6.49. The average molecular weight is 293 g/mol. The Morgan fingerprint density at radius 1 is 1.10 bits per heavy atom. The van der Waals surface area contributed by atoms with E-state index in [1.54, 1.807) is 6.07 Å². The number of hydrogen-bond acceptors (Lipinski definition) is 3. The summed E-state index contributed by atoms with van der Waals surface area (Å²) in [6, 6.07) is 7.85. The van der Waals surface area contributed by atoms with E-state index in [1.165, 1.54) is 7.11 Å². The monoisotopic (exact) mass is 293 g/mol. The summed E-state index contributed by atoms with van der Waals surface area (Å²) < 4.78 is 37.5. The lowest BCUT2D eigenvalue weighted by atomic mass is 10.1. The van der Waals surface area contributed by atoms with E-state index < -0.39 is 17.7 Å². The Kier molecular flexibility index (Phi) is 4.75. The van der Waals surface area contributed by atoms with Gasteiger partial charge in [-0.2, -0.15) is 0 Å². The maximum absolute atomic E-state index is 13.6. The SMILES string of the molecule is COc1cc(C)ccc1OCC(N)c1cc(F)ccc1F. The Morgan fingerprint density at radius 3 is 2.57 bits per heavy atom. The molecule has 0 spiro atoms. The molecular formula is C16H17F2NO2. The summed E-state index contributed by atoms with van der Waals surface area (Å²) in [6.07, 6.45) is 0. The van der Waals surface area contributed by atoms with Crippen LogP contribution in [0.3, 0.4) is 0 Å². The van der Waals surface area contributed by atoms with Crippen LogP contribution < -0.4 is 15.2 Å². The van der Waals surface area contributed by atoms with E-state index in [4.69, 9.17) is 15.2 Å². The molecule has 0 radical (unpaired) electrons. The standard InChI is InChI=1S/C16H17F2NO2/c1-10-3-6-15(16(7-10)20-2)21-9-14(19)12-8-11(17)4-5-13(12)18/h3-8,14H,9,19H2,1-2H3. The third-order valence-corrected chi connectivity index (χ3v) is 3.10. The lowest BCUT2D eigenvalue weighted by Gasteiger charge is -2.16. The molecule has 0 saturated carbocycles. The number of methoxy groups -OCH3 is 1. The zero-order valence-corrected chi connectivity index (χ0v) is 11.9. The largest absolute Gasteiger partial charge is 0.493 e. The van der Waals surface area contributed by atoms with Crippen molar-refractivity contribution in [2.24, 2.45) is 5.73 Å². The molecule has 2 aromatic carbocycles. The zero-order valence-electron chi connectivity index (χ0n) is 11.9. The summed E-state index contributed by atoms with van der Waals surface area (Å²) >= 11 is 0. The van der Waals surface area contributed by atoms with Gasteiger partial charge in [0.2, 0.25) is 0 Å². The van der Waals surface area contributed by atoms with Crippen LogP contribution >= 0.6 is 0 Å². The minimum absolute atomic E-state index is 0.0137. The molecule has 0 amide bonds. The number of ether oxygens (including phenoxy) is 2. The van der Waals surface area contributed by atoms with Crippen LogP contribution in [0.1, 0.15) is 17.2 Å². The summed E-state index contributed by atoms with van der Waals surface area (Å²) in [4.78, 5) is 0. The van der Waals surface area contributed by atoms with Crippen LogP contribution in [0.4, 0.5) is 8.78 Å². The second kappa shape index (κ2) is 6.54. The minimum atomic E-state index is -0.772. The van der Waals surface area contributed by atoms with Gasteiger partial charge >= 0.3 is 0 Å². The summed E-state index contributed by atoms with van der Waals surface area (Å²) in [5, 5.41) is 0. The molecule has 0 aliphatic carbocycles. The van der Waals surface area contributed by atoms with Crippen molar-refractivity contribution in [1.29, 1.82) is 0 Å². The minimum Gasteiger partial charge on any atom is -0.493 e. The average Bonchev–Trinajstić information content (AvgIpc) is 2.48. The van der Waals surface area contributed by atoms with Gasteiger partial charge < -0.3 is 15.2 Å². The maximum Gasteiger partial charge on any atom is 0.161 e. The van der Waals surface area contributed by atoms with Gasteiger partial charge in [-0.25, -0.2) is 8.78 Å². The van der Waals surface area contributed by atoms with Crippen LogP contribution in [0.25, 0.3) is 0 Å². The summed E-state index contributed by atoms with van der Waals surface area (Å²) in [5.74, 6) is -0.00425. The molecule has 1 unspecified atom stereocenters. The molecule has 0 saturated heterocycles. The third kappa shape index (κ3) is 3.70. The smallest absolute Gasteiger partial charge is 0.161 e. The molecule has 0 fully saturated rings. The number of rotatable bonds is 5. The first-order chi connectivity index (χ1) is 10.0. The van der Waals surface area contributed by atoms with Crippen molar-refractivity contribution in [1.82, 2.24) is 0 Å². The molecule has 2 rings (SSSR count). The Hall–Kier alpha value is -2.14. The van der Waals surface area contributed by atoms with Gasteiger partial charge in [-0.3, -0.25) is 0 Å². The van der Waals surface area contributed by atoms with Gasteiger partial charge in [0.05, 0.1) is 13.2 Å². The molecule has 2 N–H and O–H groups in total. The van der Waals surface area contributed by atoms with Crippen LogP contribution in [0.15, 0.2) is 36.4 Å². The fraction of sp³-hybridized carbons (Fsp3) is 0.250. The van der Waals surface area contributed by atoms with Crippen molar-refractivity contribution in [2.75, 3.05) is 13.7 Å². The van der Waals surface area contributed by atoms with Gasteiger partial charge in [-0.1, -0.05) is 6.07 Å². The van der Waals surface area contributed by atoms with Gasteiger partial charge in [0, 0.05) is 5.56 Å². The highest BCUT2D eigenvalue weighted by molar-refractivity contribution is 5.42. The van der Waals surface area contributed by atoms with Crippen molar-refractivity contribution in [3.8, 4) is 11.5 Å². The molecule has 3 nitrogen and oxygen atoms in total. The third-order valence-electron chi connectivity index (χ3n) is 3.10. The number of nitrogens with two attached hydrogens (primary N) is 1. The van der Waals surface area contributed by atoms with Crippen LogP contribution in [0.2, 0.25) is 0 Å². The fourth-order valence-electron chi connectivity index (χ4n) is 1.96. The molecule has 0 heterocycles. The quantitative estimate of drug-likeness (QED) is 0.919. The molecule has 5 heteroatoms. The maximum atomic E-state index is 13.6. The van der Waals surface area contributed by atoms with Crippen molar-refractivity contribution < 1.29 is 18.3 Å². The molecule has 2 aromatic rings. The first kappa shape index (κ1) is 15.3. The number of benzene rings is 2. The van der Waals surface area contributed by atoms with Gasteiger partial charge in [0.25, 0.3) is 0 Å². The molecule has 112 valence electrons. The van der Waals surface area contributed by atoms with Crippen molar-refractivity contribution in [2.45, 2.75) is 13.0 Å². The topological polar surface area (TPSA) is 44.5 Å². The van der Waals surface area contributed by atoms with Crippen LogP contribution in [0, 0.1) is 18.6 Å². The second-order valence-electron chi connectivity index (χ2n) is 4.74. The predicted octanol–water partition coefficient (Wildman–Crippen LogP) is 3.36. The summed E-state index contributed by atoms with van der Waals surface area (Å²) in [5.41, 5.74) is 6.97. The van der Waals surface area contributed by atoms with Crippen LogP contribution in [-0.4, -0.2) is 13.7 Å². The zero-order chi connectivity index (χ0) is 15.4. The molecule has 1 atom stereocenters. The van der Waals surface area contributed by atoms with E-state index in [-0.39, 0.29) is 12.2 Å². The van der Waals surface area contributed by atoms with Gasteiger partial charge in [-0.15, -0.1) is 0 Å². The van der Waals surface area contributed by atoms with Crippen LogP contribution in [0.5, 0.6) is 11.5 Å². The van der Waals surface area contributed by atoms with E-state index in [0.717, 1.165) is 23.8 Å². The van der Waals surface area contributed by atoms with Gasteiger partial charge in [0.15, 0.2) is 11.5 Å². The van der Waals surface area contributed by atoms with Gasteiger partial charge in [0.1, 0.15) is 18.2 Å². The molecule has 0 aromatic heterocycles. The molecule has 21 heavy (non-hydrogen) atoms. The molecular weight excluding hydrogens is 276 g/mol. The number of hydrogen-bond donors (Lipinski definition) is 1. The van der Waals surface area contributed by atoms with E-state index >= 15 is 0 Å². The molecule has 0 aliphatic heterocycles. The second-order valence-corrected chi connectivity index (χ2v) is 4.74. The normalized spacial score (nSPS) is 12.0. The lowest BCUT2D eigenvalue weighted by molar-refractivity contribution is 0.271. The van der Waals surface area contributed by atoms with E-state index in [1.807, 2.05) is 19.1 Å². The van der Waals surface area contributed by atoms with Crippen molar-refractivity contribution in [3.63, 3.8) is 0 Å². The Labute approximate surface area is 122 Å². The Morgan fingerprint density at radius 2 is 1.86 bits per heavy atom. The van der Waals surface area contributed by atoms with E-state index in [9.17, 15) is 8.78 Å². The highest BCUT2D eigenvalue weighted by Gasteiger charge is 2.14. The first-order valence-electron chi connectivity index (χ1n) is 6.49. The van der Waals surface area contributed by atoms with E-state index in [0.29, 0.717) is 11.5 Å². The Balaban J connectivity index is 2.10. The predicted molar refractivity (Wildman–Crippen MR) is 76.5 cm³/mol. The summed E-state index contributed by atoms with van der Waals surface area (Å²) in [6.45, 7) is 1.94. The molecule has 0 aliphatic rings. The number of aryl methyl sites for hydroxylation is 1. The Bertz CT molecular complexity index is 632. The number of halogens is 2.